The highest BCUT2D eigenvalue weighted by atomic mass is 16.5. The second-order valence-electron chi connectivity index (χ2n) is 5.82. The van der Waals surface area contributed by atoms with Gasteiger partial charge in [-0.05, 0) is 25.5 Å². The number of carbonyl (C=O) groups is 2. The number of benzene rings is 1. The number of likely N-dealkylation sites (N-methyl/N-ethyl adjacent to an activating group) is 1. The van der Waals surface area contributed by atoms with Crippen LogP contribution in [0.4, 0.5) is 0 Å². The van der Waals surface area contributed by atoms with Crippen molar-refractivity contribution in [2.24, 2.45) is 0 Å². The van der Waals surface area contributed by atoms with Gasteiger partial charge in [-0.1, -0.05) is 30.3 Å². The number of ether oxygens (including phenoxy) is 1. The SMILES string of the molecule is CCN(Cc1ccccc1)C(=O)COC(=O)c1c(C)nn2cccnc12. The summed E-state index contributed by atoms with van der Waals surface area (Å²) >= 11 is 0. The fraction of sp³-hybridized carbons (Fsp3) is 0.263. The Bertz CT molecular complexity index is 921. The van der Waals surface area contributed by atoms with Gasteiger partial charge in [0.1, 0.15) is 5.56 Å². The Labute approximate surface area is 151 Å². The molecule has 0 radical (unpaired) electrons. The Morgan fingerprint density at radius 3 is 2.69 bits per heavy atom. The highest BCUT2D eigenvalue weighted by molar-refractivity contribution is 5.98. The van der Waals surface area contributed by atoms with Crippen molar-refractivity contribution in [2.45, 2.75) is 20.4 Å². The van der Waals surface area contributed by atoms with Crippen LogP contribution in [-0.4, -0.2) is 44.5 Å². The third-order valence-electron chi connectivity index (χ3n) is 4.05. The topological polar surface area (TPSA) is 76.8 Å². The van der Waals surface area contributed by atoms with Crippen LogP contribution in [0.1, 0.15) is 28.5 Å². The number of aromatic nitrogens is 3. The number of amides is 1. The fourth-order valence-electron chi connectivity index (χ4n) is 2.71. The van der Waals surface area contributed by atoms with Crippen molar-refractivity contribution in [3.8, 4) is 0 Å². The lowest BCUT2D eigenvalue weighted by Gasteiger charge is -2.20. The average molecular weight is 352 g/mol. The summed E-state index contributed by atoms with van der Waals surface area (Å²) in [7, 11) is 0. The molecule has 7 heteroatoms. The molecule has 0 atom stereocenters. The monoisotopic (exact) mass is 352 g/mol. The Balaban J connectivity index is 1.66. The number of hydrogen-bond acceptors (Lipinski definition) is 5. The summed E-state index contributed by atoms with van der Waals surface area (Å²) < 4.78 is 6.75. The smallest absolute Gasteiger partial charge is 0.344 e. The maximum atomic E-state index is 12.4. The molecule has 1 aromatic carbocycles. The lowest BCUT2D eigenvalue weighted by atomic mass is 10.2. The van der Waals surface area contributed by atoms with Gasteiger partial charge in [-0.25, -0.2) is 14.3 Å². The molecule has 3 aromatic rings. The number of aryl methyl sites for hydroxylation is 1. The van der Waals surface area contributed by atoms with Gasteiger partial charge in [0.15, 0.2) is 12.3 Å². The van der Waals surface area contributed by atoms with Crippen LogP contribution in [-0.2, 0) is 16.1 Å². The first kappa shape index (κ1) is 17.6. The van der Waals surface area contributed by atoms with Crippen LogP contribution in [0.3, 0.4) is 0 Å². The number of fused-ring (bicyclic) bond motifs is 1. The molecule has 2 aromatic heterocycles. The Kier molecular flexibility index (Phi) is 5.26. The molecular weight excluding hydrogens is 332 g/mol. The van der Waals surface area contributed by atoms with E-state index in [1.54, 1.807) is 30.3 Å². The highest BCUT2D eigenvalue weighted by Crippen LogP contribution is 2.14. The van der Waals surface area contributed by atoms with Gasteiger partial charge in [0.2, 0.25) is 0 Å². The lowest BCUT2D eigenvalue weighted by Crippen LogP contribution is -2.34. The Hall–Kier alpha value is -3.22. The van der Waals surface area contributed by atoms with E-state index in [0.717, 1.165) is 5.56 Å². The molecule has 7 nitrogen and oxygen atoms in total. The van der Waals surface area contributed by atoms with Crippen molar-refractivity contribution < 1.29 is 14.3 Å². The number of nitrogens with zero attached hydrogens (tertiary/aromatic N) is 4. The summed E-state index contributed by atoms with van der Waals surface area (Å²) in [5.41, 5.74) is 2.23. The second-order valence-corrected chi connectivity index (χ2v) is 5.82. The summed E-state index contributed by atoms with van der Waals surface area (Å²) in [4.78, 5) is 30.6. The van der Waals surface area contributed by atoms with Crippen molar-refractivity contribution in [3.63, 3.8) is 0 Å². The lowest BCUT2D eigenvalue weighted by molar-refractivity contribution is -0.134. The molecule has 1 amide bonds. The van der Waals surface area contributed by atoms with Gasteiger partial charge >= 0.3 is 5.97 Å². The van der Waals surface area contributed by atoms with Gasteiger partial charge in [-0.15, -0.1) is 0 Å². The van der Waals surface area contributed by atoms with Crippen LogP contribution in [0.5, 0.6) is 0 Å². The van der Waals surface area contributed by atoms with E-state index in [1.807, 2.05) is 37.3 Å². The first-order valence-corrected chi connectivity index (χ1v) is 8.39. The molecule has 26 heavy (non-hydrogen) atoms. The summed E-state index contributed by atoms with van der Waals surface area (Å²) in [6, 6.07) is 11.4. The maximum Gasteiger partial charge on any atom is 0.344 e. The highest BCUT2D eigenvalue weighted by Gasteiger charge is 2.21. The van der Waals surface area contributed by atoms with E-state index < -0.39 is 5.97 Å². The number of hydrogen-bond donors (Lipinski definition) is 0. The van der Waals surface area contributed by atoms with Crippen molar-refractivity contribution in [1.29, 1.82) is 0 Å². The first-order valence-electron chi connectivity index (χ1n) is 8.39. The largest absolute Gasteiger partial charge is 0.452 e. The van der Waals surface area contributed by atoms with Crippen LogP contribution >= 0.6 is 0 Å². The predicted molar refractivity (Wildman–Crippen MR) is 95.5 cm³/mol. The Morgan fingerprint density at radius 2 is 1.96 bits per heavy atom. The summed E-state index contributed by atoms with van der Waals surface area (Å²) in [5.74, 6) is -0.841. The number of esters is 1. The second kappa shape index (κ2) is 7.77. The van der Waals surface area contributed by atoms with E-state index in [0.29, 0.717) is 24.4 Å². The summed E-state index contributed by atoms with van der Waals surface area (Å²) in [6.07, 6.45) is 3.28. The molecule has 3 rings (SSSR count). The van der Waals surface area contributed by atoms with Gasteiger partial charge in [0.25, 0.3) is 5.91 Å². The zero-order valence-electron chi connectivity index (χ0n) is 14.8. The minimum atomic E-state index is -0.597. The van der Waals surface area contributed by atoms with Gasteiger partial charge in [0.05, 0.1) is 5.69 Å². The van der Waals surface area contributed by atoms with Crippen molar-refractivity contribution in [3.05, 3.63) is 65.6 Å². The molecule has 0 spiro atoms. The molecule has 0 unspecified atom stereocenters. The van der Waals surface area contributed by atoms with E-state index >= 15 is 0 Å². The molecule has 0 aliphatic carbocycles. The van der Waals surface area contributed by atoms with Crippen molar-refractivity contribution in [2.75, 3.05) is 13.2 Å². The fourth-order valence-corrected chi connectivity index (χ4v) is 2.71. The van der Waals surface area contributed by atoms with E-state index in [1.165, 1.54) is 4.52 Å². The van der Waals surface area contributed by atoms with Crippen molar-refractivity contribution in [1.82, 2.24) is 19.5 Å². The molecule has 2 heterocycles. The number of rotatable bonds is 6. The summed E-state index contributed by atoms with van der Waals surface area (Å²) in [6.45, 7) is 4.29. The van der Waals surface area contributed by atoms with Crippen LogP contribution in [0.15, 0.2) is 48.8 Å². The van der Waals surface area contributed by atoms with Crippen molar-refractivity contribution >= 4 is 17.5 Å². The zero-order chi connectivity index (χ0) is 18.5. The van der Waals surface area contributed by atoms with Crippen LogP contribution in [0.2, 0.25) is 0 Å². The van der Waals surface area contributed by atoms with Crippen LogP contribution < -0.4 is 0 Å². The van der Waals surface area contributed by atoms with Gasteiger partial charge in [0, 0.05) is 25.5 Å². The van der Waals surface area contributed by atoms with E-state index in [9.17, 15) is 9.59 Å². The zero-order valence-corrected chi connectivity index (χ0v) is 14.8. The first-order chi connectivity index (χ1) is 12.6. The molecule has 0 saturated heterocycles. The molecule has 0 N–H and O–H groups in total. The van der Waals surface area contributed by atoms with Gasteiger partial charge in [-0.3, -0.25) is 4.79 Å². The average Bonchev–Trinajstić information content (AvgIpc) is 3.00. The normalized spacial score (nSPS) is 10.7. The molecule has 0 saturated carbocycles. The molecule has 0 aliphatic heterocycles. The molecule has 0 aliphatic rings. The third-order valence-corrected chi connectivity index (χ3v) is 4.05. The third kappa shape index (κ3) is 3.72. The molecule has 0 bridgehead atoms. The number of carbonyl (C=O) groups excluding carboxylic acids is 2. The Morgan fingerprint density at radius 1 is 1.19 bits per heavy atom. The van der Waals surface area contributed by atoms with Gasteiger partial charge < -0.3 is 9.64 Å². The van der Waals surface area contributed by atoms with Crippen LogP contribution in [0, 0.1) is 6.92 Å². The van der Waals surface area contributed by atoms with E-state index in [-0.39, 0.29) is 18.1 Å². The maximum absolute atomic E-state index is 12.4. The standard InChI is InChI=1S/C19H20N4O3/c1-3-22(12-15-8-5-4-6-9-15)16(24)13-26-19(25)17-14(2)21-23-11-7-10-20-18(17)23/h4-11H,3,12-13H2,1-2H3. The van der Waals surface area contributed by atoms with Gasteiger partial charge in [-0.2, -0.15) is 5.10 Å². The predicted octanol–water partition coefficient (Wildman–Crippen LogP) is 2.24. The summed E-state index contributed by atoms with van der Waals surface area (Å²) in [5, 5.41) is 4.23. The quantitative estimate of drug-likeness (QED) is 0.636. The van der Waals surface area contributed by atoms with E-state index in [4.69, 9.17) is 4.74 Å². The molecule has 134 valence electrons. The molecule has 0 fully saturated rings. The minimum absolute atomic E-state index is 0.244. The minimum Gasteiger partial charge on any atom is -0.452 e. The van der Waals surface area contributed by atoms with Crippen LogP contribution in [0.25, 0.3) is 5.65 Å². The van der Waals surface area contributed by atoms with E-state index in [2.05, 4.69) is 10.1 Å². The molecular formula is C19H20N4O3.